The molecule has 0 aliphatic rings. The normalized spacial score (nSPS) is 11.1. The van der Waals surface area contributed by atoms with Crippen LogP contribution in [0.25, 0.3) is 11.0 Å². The summed E-state index contributed by atoms with van der Waals surface area (Å²) < 4.78 is 10.5. The lowest BCUT2D eigenvalue weighted by molar-refractivity contribution is 0.0734. The molecule has 0 saturated carbocycles. The highest BCUT2D eigenvalue weighted by Crippen LogP contribution is 2.27. The summed E-state index contributed by atoms with van der Waals surface area (Å²) in [6.07, 6.45) is 1.27. The number of carbonyl (C=O) groups excluding carboxylic acids is 1. The Bertz CT molecular complexity index is 1030. The minimum absolute atomic E-state index is 0.104. The van der Waals surface area contributed by atoms with Gasteiger partial charge in [0.05, 0.1) is 10.6 Å². The number of hydrogen-bond acceptors (Lipinski definition) is 5. The fraction of sp³-hybridized carbons (Fsp3) is 0.167. The number of ether oxygens (including phenoxy) is 1. The van der Waals surface area contributed by atoms with Gasteiger partial charge in [-0.15, -0.1) is 0 Å². The monoisotopic (exact) mass is 377 g/mol. The van der Waals surface area contributed by atoms with Gasteiger partial charge < -0.3 is 9.15 Å². The lowest BCUT2D eigenvalue weighted by Crippen LogP contribution is -2.09. The number of fused-ring (bicyclic) bond motifs is 1. The molecule has 25 heavy (non-hydrogen) atoms. The van der Waals surface area contributed by atoms with Gasteiger partial charge in [0.1, 0.15) is 16.5 Å². The van der Waals surface area contributed by atoms with Crippen molar-refractivity contribution in [1.82, 2.24) is 4.98 Å². The van der Waals surface area contributed by atoms with Crippen molar-refractivity contribution in [2.24, 2.45) is 0 Å². The van der Waals surface area contributed by atoms with Crippen molar-refractivity contribution < 1.29 is 13.9 Å². The summed E-state index contributed by atoms with van der Waals surface area (Å²) in [5, 5.41) is 1.06. The van der Waals surface area contributed by atoms with Crippen molar-refractivity contribution in [3.8, 4) is 5.75 Å². The molecule has 0 aliphatic heterocycles. The fourth-order valence-electron chi connectivity index (χ4n) is 2.41. The van der Waals surface area contributed by atoms with E-state index in [9.17, 15) is 9.59 Å². The molecule has 3 rings (SSSR count). The Balaban J connectivity index is 1.95. The van der Waals surface area contributed by atoms with Crippen LogP contribution in [0.1, 0.15) is 35.7 Å². The van der Waals surface area contributed by atoms with Gasteiger partial charge in [-0.2, -0.15) is 0 Å². The van der Waals surface area contributed by atoms with Crippen LogP contribution in [0.3, 0.4) is 0 Å². The number of aromatic nitrogens is 1. The zero-order chi connectivity index (χ0) is 18.1. The van der Waals surface area contributed by atoms with Crippen LogP contribution in [0.4, 0.5) is 0 Å². The van der Waals surface area contributed by atoms with Crippen molar-refractivity contribution in [2.75, 3.05) is 0 Å². The molecule has 0 radical (unpaired) electrons. The quantitative estimate of drug-likeness (QED) is 0.282. The van der Waals surface area contributed by atoms with Crippen molar-refractivity contribution in [1.29, 1.82) is 0 Å². The molecule has 0 bridgehead atoms. The second-order valence-corrected chi connectivity index (χ2v) is 6.48. The topological polar surface area (TPSA) is 69.4 Å². The Hall–Kier alpha value is -2.37. The third-order valence-corrected chi connectivity index (χ3v) is 4.30. The molecule has 0 atom stereocenters. The number of nitrogens with zero attached hydrogens (tertiary/aromatic N) is 1. The predicted octanol–water partition coefficient (Wildman–Crippen LogP) is 4.84. The van der Waals surface area contributed by atoms with E-state index < -0.39 is 11.6 Å². The molecule has 7 heteroatoms. The smallest absolute Gasteiger partial charge is 0.345 e. The average Bonchev–Trinajstić information content (AvgIpc) is 2.56. The standard InChI is InChI=1S/C18H13Cl2NO4/c1-9(2)13-7-16(22)25-15-6-11(3-4-12(13)15)24-18(23)10-5-14(19)17(20)21-8-10/h3-9H,1-2H3. The van der Waals surface area contributed by atoms with Gasteiger partial charge in [-0.1, -0.05) is 37.0 Å². The first-order valence-corrected chi connectivity index (χ1v) is 8.22. The summed E-state index contributed by atoms with van der Waals surface area (Å²) in [5.74, 6) is -0.248. The van der Waals surface area contributed by atoms with E-state index in [1.54, 1.807) is 12.1 Å². The van der Waals surface area contributed by atoms with Gasteiger partial charge in [0, 0.05) is 23.7 Å². The van der Waals surface area contributed by atoms with E-state index in [-0.39, 0.29) is 27.4 Å². The van der Waals surface area contributed by atoms with E-state index in [2.05, 4.69) is 4.98 Å². The van der Waals surface area contributed by atoms with Crippen LogP contribution in [-0.2, 0) is 0 Å². The Morgan fingerprint density at radius 1 is 1.20 bits per heavy atom. The molecular formula is C18H13Cl2NO4. The van der Waals surface area contributed by atoms with Gasteiger partial charge in [0.15, 0.2) is 0 Å². The maximum absolute atomic E-state index is 12.2. The first kappa shape index (κ1) is 17.5. The van der Waals surface area contributed by atoms with E-state index >= 15 is 0 Å². The highest BCUT2D eigenvalue weighted by Gasteiger charge is 2.14. The molecule has 0 N–H and O–H groups in total. The Kier molecular flexibility index (Phi) is 4.79. The van der Waals surface area contributed by atoms with Crippen LogP contribution >= 0.6 is 23.2 Å². The molecule has 0 aliphatic carbocycles. The summed E-state index contributed by atoms with van der Waals surface area (Å²) in [4.78, 5) is 27.7. The minimum atomic E-state index is -0.646. The van der Waals surface area contributed by atoms with E-state index in [0.717, 1.165) is 10.9 Å². The number of halogens is 2. The summed E-state index contributed by atoms with van der Waals surface area (Å²) in [6.45, 7) is 3.97. The van der Waals surface area contributed by atoms with E-state index in [4.69, 9.17) is 32.4 Å². The molecule has 0 amide bonds. The highest BCUT2D eigenvalue weighted by molar-refractivity contribution is 6.41. The molecule has 1 aromatic carbocycles. The zero-order valence-corrected chi connectivity index (χ0v) is 14.9. The molecule has 0 spiro atoms. The van der Waals surface area contributed by atoms with Crippen molar-refractivity contribution in [2.45, 2.75) is 19.8 Å². The van der Waals surface area contributed by atoms with Crippen LogP contribution in [-0.4, -0.2) is 11.0 Å². The Morgan fingerprint density at radius 2 is 1.96 bits per heavy atom. The summed E-state index contributed by atoms with van der Waals surface area (Å²) in [7, 11) is 0. The maximum atomic E-state index is 12.2. The third-order valence-electron chi connectivity index (χ3n) is 3.61. The lowest BCUT2D eigenvalue weighted by Gasteiger charge is -2.10. The van der Waals surface area contributed by atoms with Gasteiger partial charge in [-0.05, 0) is 29.7 Å². The second kappa shape index (κ2) is 6.86. The lowest BCUT2D eigenvalue weighted by atomic mass is 10.00. The van der Waals surface area contributed by atoms with Crippen molar-refractivity contribution >= 4 is 40.1 Å². The molecule has 3 aromatic rings. The van der Waals surface area contributed by atoms with Gasteiger partial charge in [0.25, 0.3) is 0 Å². The number of pyridine rings is 1. The van der Waals surface area contributed by atoms with Gasteiger partial charge >= 0.3 is 11.6 Å². The Labute approximate surface area is 153 Å². The summed E-state index contributed by atoms with van der Waals surface area (Å²) in [6, 6.07) is 7.74. The van der Waals surface area contributed by atoms with Gasteiger partial charge in [-0.25, -0.2) is 14.6 Å². The van der Waals surface area contributed by atoms with Gasteiger partial charge in [-0.3, -0.25) is 0 Å². The first-order chi connectivity index (χ1) is 11.8. The van der Waals surface area contributed by atoms with Crippen LogP contribution in [0.5, 0.6) is 5.75 Å². The predicted molar refractivity (Wildman–Crippen MR) is 95.8 cm³/mol. The first-order valence-electron chi connectivity index (χ1n) is 7.46. The summed E-state index contributed by atoms with van der Waals surface area (Å²) >= 11 is 11.6. The summed E-state index contributed by atoms with van der Waals surface area (Å²) in [5.41, 5.74) is 0.937. The average molecular weight is 378 g/mol. The number of benzene rings is 1. The van der Waals surface area contributed by atoms with Crippen molar-refractivity contribution in [3.63, 3.8) is 0 Å². The van der Waals surface area contributed by atoms with Crippen LogP contribution in [0.2, 0.25) is 10.2 Å². The molecule has 128 valence electrons. The molecule has 0 saturated heterocycles. The van der Waals surface area contributed by atoms with E-state index in [1.807, 2.05) is 13.8 Å². The SMILES string of the molecule is CC(C)c1cc(=O)oc2cc(OC(=O)c3cnc(Cl)c(Cl)c3)ccc12. The highest BCUT2D eigenvalue weighted by atomic mass is 35.5. The van der Waals surface area contributed by atoms with Crippen molar-refractivity contribution in [3.05, 3.63) is 68.3 Å². The molecule has 0 fully saturated rings. The van der Waals surface area contributed by atoms with Crippen LogP contribution in [0, 0.1) is 0 Å². The molecule has 2 heterocycles. The number of hydrogen-bond donors (Lipinski definition) is 0. The minimum Gasteiger partial charge on any atom is -0.423 e. The van der Waals surface area contributed by atoms with Crippen LogP contribution in [0.15, 0.2) is 45.7 Å². The number of esters is 1. The molecule has 5 nitrogen and oxygen atoms in total. The Morgan fingerprint density at radius 3 is 2.64 bits per heavy atom. The zero-order valence-electron chi connectivity index (χ0n) is 13.4. The van der Waals surface area contributed by atoms with E-state index in [0.29, 0.717) is 5.58 Å². The number of rotatable bonds is 3. The maximum Gasteiger partial charge on any atom is 0.345 e. The fourth-order valence-corrected chi connectivity index (χ4v) is 2.68. The van der Waals surface area contributed by atoms with Gasteiger partial charge in [0.2, 0.25) is 0 Å². The second-order valence-electron chi connectivity index (χ2n) is 5.72. The molecule has 0 unspecified atom stereocenters. The molecular weight excluding hydrogens is 365 g/mol. The third kappa shape index (κ3) is 3.67. The largest absolute Gasteiger partial charge is 0.423 e. The number of carbonyl (C=O) groups is 1. The van der Waals surface area contributed by atoms with E-state index in [1.165, 1.54) is 24.4 Å². The van der Waals surface area contributed by atoms with Crippen LogP contribution < -0.4 is 10.4 Å². The molecule has 2 aromatic heterocycles.